The molecule has 0 aromatic heterocycles. The average molecular weight is 347 g/mol. The van der Waals surface area contributed by atoms with Crippen LogP contribution in [-0.2, 0) is 4.79 Å². The maximum absolute atomic E-state index is 11.8. The third kappa shape index (κ3) is 2.34. The van der Waals surface area contributed by atoms with E-state index in [1.54, 1.807) is 13.8 Å². The molecule has 0 unspecified atom stereocenters. The monoisotopic (exact) mass is 347 g/mol. The van der Waals surface area contributed by atoms with Gasteiger partial charge in [-0.15, -0.1) is 0 Å². The van der Waals surface area contributed by atoms with Crippen LogP contribution in [0.1, 0.15) is 13.8 Å². The Labute approximate surface area is 108 Å². The molecule has 0 saturated heterocycles. The molecule has 6 heteroatoms. The molecule has 1 heterocycles. The van der Waals surface area contributed by atoms with Crippen LogP contribution in [0.15, 0.2) is 26.1 Å². The molecule has 0 radical (unpaired) electrons. The molecule has 1 aromatic rings. The number of amides is 1. The normalized spacial score (nSPS) is 13.2. The molecule has 1 aromatic carbocycles. The van der Waals surface area contributed by atoms with E-state index in [9.17, 15) is 4.79 Å². The van der Waals surface area contributed by atoms with Gasteiger partial charge in [-0.25, -0.2) is 0 Å². The Bertz CT molecular complexity index is 515. The Morgan fingerprint density at radius 1 is 1.44 bits per heavy atom. The SMILES string of the molecule is CC(C)(Br)C(=O)Nc1cccc2c1N=[Se]=N2. The van der Waals surface area contributed by atoms with Crippen LogP contribution in [0.3, 0.4) is 0 Å². The van der Waals surface area contributed by atoms with Gasteiger partial charge in [0.1, 0.15) is 0 Å². The third-order valence-corrected chi connectivity index (χ3v) is 3.57. The summed E-state index contributed by atoms with van der Waals surface area (Å²) in [4.78, 5) is 11.8. The first-order valence-electron chi connectivity index (χ1n) is 4.70. The van der Waals surface area contributed by atoms with Gasteiger partial charge in [0.2, 0.25) is 0 Å². The van der Waals surface area contributed by atoms with Crippen molar-refractivity contribution in [3.05, 3.63) is 18.2 Å². The molecule has 0 atom stereocenters. The zero-order valence-electron chi connectivity index (χ0n) is 8.82. The summed E-state index contributed by atoms with van der Waals surface area (Å²) >= 11 is 3.24. The maximum atomic E-state index is 11.8. The van der Waals surface area contributed by atoms with Crippen molar-refractivity contribution in [1.82, 2.24) is 0 Å². The third-order valence-electron chi connectivity index (χ3n) is 2.07. The van der Waals surface area contributed by atoms with Crippen molar-refractivity contribution in [3.63, 3.8) is 0 Å². The fourth-order valence-corrected chi connectivity index (χ4v) is 2.43. The van der Waals surface area contributed by atoms with Crippen LogP contribution in [0.25, 0.3) is 0 Å². The van der Waals surface area contributed by atoms with Crippen molar-refractivity contribution >= 4 is 53.5 Å². The first kappa shape index (κ1) is 11.8. The Morgan fingerprint density at radius 3 is 2.88 bits per heavy atom. The van der Waals surface area contributed by atoms with Crippen LogP contribution >= 0.6 is 15.9 Å². The molecule has 0 saturated carbocycles. The van der Waals surface area contributed by atoms with Crippen LogP contribution in [0.5, 0.6) is 0 Å². The van der Waals surface area contributed by atoms with Crippen LogP contribution in [0.4, 0.5) is 17.1 Å². The molecule has 2 rings (SSSR count). The second-order valence-electron chi connectivity index (χ2n) is 3.86. The van der Waals surface area contributed by atoms with Gasteiger partial charge >= 0.3 is 108 Å². The molecule has 0 spiro atoms. The van der Waals surface area contributed by atoms with Crippen LogP contribution < -0.4 is 5.32 Å². The van der Waals surface area contributed by atoms with E-state index < -0.39 is 4.32 Å². The van der Waals surface area contributed by atoms with E-state index in [1.807, 2.05) is 18.2 Å². The number of carbonyl (C=O) groups is 1. The Balaban J connectivity index is 2.28. The second kappa shape index (κ2) is 4.28. The average Bonchev–Trinajstić information content (AvgIpc) is 2.65. The minimum atomic E-state index is -0.587. The number of alkyl halides is 1. The molecule has 0 bridgehead atoms. The van der Waals surface area contributed by atoms with E-state index in [4.69, 9.17) is 0 Å². The van der Waals surface area contributed by atoms with Crippen molar-refractivity contribution in [2.45, 2.75) is 18.2 Å². The van der Waals surface area contributed by atoms with Crippen LogP contribution in [0, 0.1) is 0 Å². The predicted molar refractivity (Wildman–Crippen MR) is 68.0 cm³/mol. The van der Waals surface area contributed by atoms with Crippen molar-refractivity contribution in [2.75, 3.05) is 5.32 Å². The van der Waals surface area contributed by atoms with Gasteiger partial charge in [-0.3, -0.25) is 0 Å². The molecule has 0 aliphatic carbocycles. The van der Waals surface area contributed by atoms with Gasteiger partial charge in [-0.2, -0.15) is 0 Å². The van der Waals surface area contributed by atoms with Gasteiger partial charge < -0.3 is 0 Å². The number of rotatable bonds is 2. The van der Waals surface area contributed by atoms with Gasteiger partial charge in [0.15, 0.2) is 0 Å². The molecule has 16 heavy (non-hydrogen) atoms. The standard InChI is InChI=1S/C10H10BrN3OSe/c1-10(2,11)9(15)12-6-4-3-5-7-8(6)14-16-13-7/h3-5H,1-2H3,(H,12,15). The van der Waals surface area contributed by atoms with Gasteiger partial charge in [-0.1, -0.05) is 0 Å². The molecular formula is C10H10BrN3OSe. The first-order valence-corrected chi connectivity index (χ1v) is 7.02. The van der Waals surface area contributed by atoms with Crippen molar-refractivity contribution in [2.24, 2.45) is 7.92 Å². The van der Waals surface area contributed by atoms with Gasteiger partial charge in [-0.05, 0) is 0 Å². The number of benzene rings is 1. The van der Waals surface area contributed by atoms with Crippen LogP contribution in [0.2, 0.25) is 0 Å². The number of nitrogens with zero attached hydrogens (tertiary/aromatic N) is 2. The van der Waals surface area contributed by atoms with E-state index in [1.165, 1.54) is 0 Å². The molecule has 1 amide bonds. The zero-order chi connectivity index (χ0) is 11.8. The molecule has 1 N–H and O–H groups in total. The number of hydrogen-bond donors (Lipinski definition) is 1. The summed E-state index contributed by atoms with van der Waals surface area (Å²) in [7, 11) is 0. The van der Waals surface area contributed by atoms with E-state index in [2.05, 4.69) is 29.2 Å². The fourth-order valence-electron chi connectivity index (χ4n) is 1.18. The summed E-state index contributed by atoms with van der Waals surface area (Å²) in [5.74, 6) is -0.0875. The molecule has 1 aliphatic heterocycles. The summed E-state index contributed by atoms with van der Waals surface area (Å²) in [5.41, 5.74) is 2.40. The van der Waals surface area contributed by atoms with Gasteiger partial charge in [0.05, 0.1) is 0 Å². The van der Waals surface area contributed by atoms with E-state index >= 15 is 0 Å². The quantitative estimate of drug-likeness (QED) is 0.659. The van der Waals surface area contributed by atoms with E-state index in [0.29, 0.717) is 0 Å². The number of anilines is 1. The number of nitrogens with one attached hydrogen (secondary N) is 1. The fraction of sp³-hybridized carbons (Fsp3) is 0.300. The Hall–Kier alpha value is -0.711. The summed E-state index contributed by atoms with van der Waals surface area (Å²) in [6, 6.07) is 5.62. The second-order valence-corrected chi connectivity index (χ2v) is 6.96. The summed E-state index contributed by atoms with van der Waals surface area (Å²) in [5, 5.41) is 2.85. The number of fused-ring (bicyclic) bond motifs is 1. The Kier molecular flexibility index (Phi) is 3.15. The van der Waals surface area contributed by atoms with Crippen LogP contribution in [-0.4, -0.2) is 24.8 Å². The number of halogens is 1. The first-order chi connectivity index (χ1) is 7.48. The molecule has 84 valence electrons. The molecular weight excluding hydrogens is 337 g/mol. The zero-order valence-corrected chi connectivity index (χ0v) is 12.1. The minimum absolute atomic E-state index is 0.0763. The van der Waals surface area contributed by atoms with Gasteiger partial charge in [0, 0.05) is 0 Å². The van der Waals surface area contributed by atoms with E-state index in [0.717, 1.165) is 17.1 Å². The summed E-state index contributed by atoms with van der Waals surface area (Å²) < 4.78 is 7.98. The van der Waals surface area contributed by atoms with Crippen molar-refractivity contribution in [3.8, 4) is 0 Å². The van der Waals surface area contributed by atoms with E-state index in [-0.39, 0.29) is 20.5 Å². The van der Waals surface area contributed by atoms with Crippen molar-refractivity contribution < 1.29 is 4.79 Å². The number of hydrogen-bond acceptors (Lipinski definition) is 3. The predicted octanol–water partition coefficient (Wildman–Crippen LogP) is 3.15. The molecule has 4 nitrogen and oxygen atoms in total. The Morgan fingerprint density at radius 2 is 2.19 bits per heavy atom. The van der Waals surface area contributed by atoms with Gasteiger partial charge in [0.25, 0.3) is 0 Å². The molecule has 0 fully saturated rings. The van der Waals surface area contributed by atoms with Crippen molar-refractivity contribution in [1.29, 1.82) is 0 Å². The number of carbonyl (C=O) groups excluding carboxylic acids is 1. The summed E-state index contributed by atoms with van der Waals surface area (Å²) in [6.07, 6.45) is 0. The summed E-state index contributed by atoms with van der Waals surface area (Å²) in [6.45, 7) is 3.61. The molecule has 1 aliphatic rings. The topological polar surface area (TPSA) is 53.8 Å².